The van der Waals surface area contributed by atoms with Crippen molar-refractivity contribution in [1.29, 1.82) is 0 Å². The van der Waals surface area contributed by atoms with Gasteiger partial charge in [-0.2, -0.15) is 0 Å². The number of carbonyl (C=O) groups excluding carboxylic acids is 1. The Balaban J connectivity index is 2.17. The number of phenols is 1. The van der Waals surface area contributed by atoms with Crippen molar-refractivity contribution in [3.05, 3.63) is 70.8 Å². The molecule has 2 aromatic rings. The zero-order chi connectivity index (χ0) is 13.7. The number of halogens is 1. The van der Waals surface area contributed by atoms with Crippen LogP contribution in [0.1, 0.15) is 11.1 Å². The molecular weight excluding hydrogens is 260 g/mol. The van der Waals surface area contributed by atoms with Crippen molar-refractivity contribution in [2.24, 2.45) is 0 Å². The quantitative estimate of drug-likeness (QED) is 0.678. The van der Waals surface area contributed by atoms with Gasteiger partial charge in [-0.3, -0.25) is 4.79 Å². The van der Waals surface area contributed by atoms with Crippen molar-refractivity contribution in [2.45, 2.75) is 6.42 Å². The van der Waals surface area contributed by atoms with Crippen LogP contribution in [0.5, 0.6) is 5.75 Å². The van der Waals surface area contributed by atoms with Crippen LogP contribution in [0.3, 0.4) is 0 Å². The molecule has 96 valence electrons. The molecule has 0 heterocycles. The van der Waals surface area contributed by atoms with E-state index < -0.39 is 0 Å². The highest BCUT2D eigenvalue weighted by molar-refractivity contribution is 6.30. The van der Waals surface area contributed by atoms with Crippen LogP contribution in [0.4, 0.5) is 0 Å². The molecule has 0 saturated carbocycles. The largest absolute Gasteiger partial charge is 0.508 e. The van der Waals surface area contributed by atoms with E-state index in [4.69, 9.17) is 11.6 Å². The molecule has 1 N–H and O–H groups in total. The summed E-state index contributed by atoms with van der Waals surface area (Å²) in [6.45, 7) is 0. The highest BCUT2D eigenvalue weighted by Crippen LogP contribution is 2.18. The van der Waals surface area contributed by atoms with Crippen LogP contribution in [0.2, 0.25) is 5.02 Å². The van der Waals surface area contributed by atoms with Gasteiger partial charge >= 0.3 is 0 Å². The number of hydrogen-bond acceptors (Lipinski definition) is 2. The molecular formula is C16H13ClO2. The molecule has 3 heteroatoms. The first-order valence-corrected chi connectivity index (χ1v) is 6.26. The molecule has 2 aromatic carbocycles. The minimum Gasteiger partial charge on any atom is -0.508 e. The van der Waals surface area contributed by atoms with Crippen molar-refractivity contribution < 1.29 is 9.90 Å². The minimum absolute atomic E-state index is 0.187. The van der Waals surface area contributed by atoms with Crippen molar-refractivity contribution in [1.82, 2.24) is 0 Å². The maximum absolute atomic E-state index is 11.1. The Morgan fingerprint density at radius 1 is 1.05 bits per heavy atom. The molecule has 2 nitrogen and oxygen atoms in total. The lowest BCUT2D eigenvalue weighted by Crippen LogP contribution is -1.88. The summed E-state index contributed by atoms with van der Waals surface area (Å²) in [6, 6.07) is 14.1. The summed E-state index contributed by atoms with van der Waals surface area (Å²) in [6.07, 6.45) is 3.34. The van der Waals surface area contributed by atoms with Crippen molar-refractivity contribution in [2.75, 3.05) is 0 Å². The number of aromatic hydroxyl groups is 1. The number of rotatable bonds is 4. The van der Waals surface area contributed by atoms with Crippen LogP contribution in [-0.4, -0.2) is 11.4 Å². The third-order valence-corrected chi connectivity index (χ3v) is 3.05. The Labute approximate surface area is 117 Å². The van der Waals surface area contributed by atoms with Gasteiger partial charge in [0.15, 0.2) is 0 Å². The van der Waals surface area contributed by atoms with Gasteiger partial charge in [0.2, 0.25) is 0 Å². The summed E-state index contributed by atoms with van der Waals surface area (Å²) in [5, 5.41) is 9.92. The molecule has 0 bridgehead atoms. The standard InChI is InChI=1S/C16H13ClO2/c17-15-7-2-12(3-8-15)1-4-14(11-18)13-5-9-16(19)10-6-13/h2-11,19H,1H2. The first kappa shape index (κ1) is 13.4. The third-order valence-electron chi connectivity index (χ3n) is 2.80. The zero-order valence-corrected chi connectivity index (χ0v) is 11.0. The second kappa shape index (κ2) is 6.21. The fourth-order valence-electron chi connectivity index (χ4n) is 1.74. The van der Waals surface area contributed by atoms with E-state index in [0.717, 1.165) is 17.4 Å². The molecule has 0 spiro atoms. The minimum atomic E-state index is 0.187. The monoisotopic (exact) mass is 272 g/mol. The van der Waals surface area contributed by atoms with E-state index in [9.17, 15) is 9.90 Å². The van der Waals surface area contributed by atoms with E-state index in [1.165, 1.54) is 0 Å². The smallest absolute Gasteiger partial charge is 0.150 e. The average molecular weight is 273 g/mol. The van der Waals surface area contributed by atoms with Gasteiger partial charge in [-0.15, -0.1) is 0 Å². The summed E-state index contributed by atoms with van der Waals surface area (Å²) in [5.74, 6) is 0.187. The van der Waals surface area contributed by atoms with Crippen molar-refractivity contribution in [3.8, 4) is 5.75 Å². The Morgan fingerprint density at radius 2 is 1.68 bits per heavy atom. The lowest BCUT2D eigenvalue weighted by Gasteiger charge is -2.02. The SMILES string of the molecule is O=CC(=CCc1ccc(Cl)cc1)c1ccc(O)cc1. The van der Waals surface area contributed by atoms with Gasteiger partial charge < -0.3 is 5.11 Å². The number of aldehydes is 1. The van der Waals surface area contributed by atoms with Crippen LogP contribution >= 0.6 is 11.6 Å². The fourth-order valence-corrected chi connectivity index (χ4v) is 1.86. The van der Waals surface area contributed by atoms with Gasteiger partial charge in [0.05, 0.1) is 0 Å². The van der Waals surface area contributed by atoms with Gasteiger partial charge in [0, 0.05) is 10.6 Å². The second-order valence-corrected chi connectivity index (χ2v) is 4.59. The molecule has 0 atom stereocenters. The molecule has 0 aliphatic carbocycles. The topological polar surface area (TPSA) is 37.3 Å². The van der Waals surface area contributed by atoms with E-state index in [1.807, 2.05) is 30.3 Å². The molecule has 0 fully saturated rings. The van der Waals surface area contributed by atoms with Gasteiger partial charge in [-0.05, 0) is 41.8 Å². The molecule has 2 rings (SSSR count). The normalized spacial score (nSPS) is 11.3. The van der Waals surface area contributed by atoms with E-state index >= 15 is 0 Å². The van der Waals surface area contributed by atoms with Gasteiger partial charge in [0.25, 0.3) is 0 Å². The summed E-state index contributed by atoms with van der Waals surface area (Å²) < 4.78 is 0. The number of allylic oxidation sites excluding steroid dienone is 2. The van der Waals surface area contributed by atoms with Gasteiger partial charge in [-0.1, -0.05) is 41.9 Å². The number of carbonyl (C=O) groups is 1. The Bertz CT molecular complexity index is 583. The van der Waals surface area contributed by atoms with E-state index in [-0.39, 0.29) is 5.75 Å². The van der Waals surface area contributed by atoms with Crippen LogP contribution in [0.25, 0.3) is 5.57 Å². The molecule has 0 aliphatic rings. The van der Waals surface area contributed by atoms with E-state index in [2.05, 4.69) is 0 Å². The van der Waals surface area contributed by atoms with Crippen LogP contribution < -0.4 is 0 Å². The molecule has 19 heavy (non-hydrogen) atoms. The first-order chi connectivity index (χ1) is 9.19. The predicted molar refractivity (Wildman–Crippen MR) is 77.3 cm³/mol. The average Bonchev–Trinajstić information content (AvgIpc) is 2.43. The fraction of sp³-hybridized carbons (Fsp3) is 0.0625. The summed E-state index contributed by atoms with van der Waals surface area (Å²) in [4.78, 5) is 11.1. The molecule has 0 aliphatic heterocycles. The van der Waals surface area contributed by atoms with E-state index in [1.54, 1.807) is 24.3 Å². The molecule has 0 aromatic heterocycles. The van der Waals surface area contributed by atoms with Crippen LogP contribution in [0, 0.1) is 0 Å². The maximum atomic E-state index is 11.1. The van der Waals surface area contributed by atoms with Gasteiger partial charge in [-0.25, -0.2) is 0 Å². The number of phenolic OH excluding ortho intramolecular Hbond substituents is 1. The number of benzene rings is 2. The molecule has 0 unspecified atom stereocenters. The maximum Gasteiger partial charge on any atom is 0.150 e. The Hall–Kier alpha value is -2.06. The third kappa shape index (κ3) is 3.70. The molecule has 0 saturated heterocycles. The number of hydrogen-bond donors (Lipinski definition) is 1. The zero-order valence-electron chi connectivity index (χ0n) is 10.2. The summed E-state index contributed by atoms with van der Waals surface area (Å²) in [5.41, 5.74) is 2.49. The highest BCUT2D eigenvalue weighted by atomic mass is 35.5. The Morgan fingerprint density at radius 3 is 2.26 bits per heavy atom. The van der Waals surface area contributed by atoms with E-state index in [0.29, 0.717) is 17.0 Å². The molecule has 0 radical (unpaired) electrons. The molecule has 0 amide bonds. The van der Waals surface area contributed by atoms with Crippen molar-refractivity contribution >= 4 is 23.5 Å². The van der Waals surface area contributed by atoms with Crippen molar-refractivity contribution in [3.63, 3.8) is 0 Å². The second-order valence-electron chi connectivity index (χ2n) is 4.15. The van der Waals surface area contributed by atoms with Crippen LogP contribution in [0.15, 0.2) is 54.6 Å². The lowest BCUT2D eigenvalue weighted by atomic mass is 10.0. The van der Waals surface area contributed by atoms with Gasteiger partial charge in [0.1, 0.15) is 12.0 Å². The first-order valence-electron chi connectivity index (χ1n) is 5.88. The van der Waals surface area contributed by atoms with Crippen LogP contribution in [-0.2, 0) is 11.2 Å². The summed E-state index contributed by atoms with van der Waals surface area (Å²) in [7, 11) is 0. The summed E-state index contributed by atoms with van der Waals surface area (Å²) >= 11 is 5.82. The highest BCUT2D eigenvalue weighted by Gasteiger charge is 2.00. The Kier molecular flexibility index (Phi) is 4.37. The predicted octanol–water partition coefficient (Wildman–Crippen LogP) is 3.87. The lowest BCUT2D eigenvalue weighted by molar-refractivity contribution is -0.103.